The predicted molar refractivity (Wildman–Crippen MR) is 91.3 cm³/mol. The van der Waals surface area contributed by atoms with Crippen LogP contribution in [-0.2, 0) is 0 Å². The molecular weight excluding hydrogens is 258 g/mol. The Labute approximate surface area is 130 Å². The monoisotopic (exact) mass is 289 g/mol. The van der Waals surface area contributed by atoms with Crippen molar-refractivity contribution in [2.45, 2.75) is 64.9 Å². The van der Waals surface area contributed by atoms with E-state index in [0.29, 0.717) is 12.0 Å². The molecule has 0 amide bonds. The van der Waals surface area contributed by atoms with Crippen LogP contribution in [0, 0.1) is 5.92 Å². The zero-order valence-electron chi connectivity index (χ0n) is 14.0. The summed E-state index contributed by atoms with van der Waals surface area (Å²) in [4.78, 5) is 2.38. The maximum Gasteiger partial charge on any atom is 0.143 e. The van der Waals surface area contributed by atoms with Gasteiger partial charge in [0, 0.05) is 19.5 Å². The minimum absolute atomic E-state index is 0.384. The lowest BCUT2D eigenvalue weighted by molar-refractivity contribution is 0.125. The van der Waals surface area contributed by atoms with Crippen LogP contribution in [-0.4, -0.2) is 19.7 Å². The molecule has 1 aliphatic rings. The maximum absolute atomic E-state index is 6.44. The van der Waals surface area contributed by atoms with Gasteiger partial charge in [-0.05, 0) is 31.4 Å². The number of benzene rings is 1. The number of rotatable bonds is 7. The van der Waals surface area contributed by atoms with Gasteiger partial charge in [-0.15, -0.1) is 0 Å². The van der Waals surface area contributed by atoms with E-state index in [2.05, 4.69) is 50.1 Å². The van der Waals surface area contributed by atoms with E-state index in [9.17, 15) is 0 Å². The molecule has 118 valence electrons. The molecular formula is C19H31NO. The Hall–Kier alpha value is -1.18. The van der Waals surface area contributed by atoms with Crippen LogP contribution < -0.4 is 9.64 Å². The lowest BCUT2D eigenvalue weighted by Crippen LogP contribution is -2.33. The van der Waals surface area contributed by atoms with Gasteiger partial charge in [-0.2, -0.15) is 0 Å². The smallest absolute Gasteiger partial charge is 0.143 e. The molecule has 2 nitrogen and oxygen atoms in total. The molecule has 0 bridgehead atoms. The van der Waals surface area contributed by atoms with E-state index in [0.717, 1.165) is 12.3 Å². The van der Waals surface area contributed by atoms with Crippen molar-refractivity contribution in [2.75, 3.05) is 18.5 Å². The topological polar surface area (TPSA) is 12.5 Å². The summed E-state index contributed by atoms with van der Waals surface area (Å²) >= 11 is 0. The Morgan fingerprint density at radius 2 is 1.81 bits per heavy atom. The number of ether oxygens (including phenoxy) is 1. The lowest BCUT2D eigenvalue weighted by Gasteiger charge is -2.27. The third-order valence-electron chi connectivity index (χ3n) is 4.61. The molecule has 2 rings (SSSR count). The number of hydrogen-bond acceptors (Lipinski definition) is 2. The van der Waals surface area contributed by atoms with Crippen molar-refractivity contribution in [1.82, 2.24) is 0 Å². The minimum atomic E-state index is 0.384. The van der Waals surface area contributed by atoms with Crippen LogP contribution >= 0.6 is 0 Å². The Balaban J connectivity index is 2.12. The van der Waals surface area contributed by atoms with Gasteiger partial charge in [-0.1, -0.05) is 51.7 Å². The van der Waals surface area contributed by atoms with Crippen LogP contribution in [0.2, 0.25) is 0 Å². The van der Waals surface area contributed by atoms with Crippen LogP contribution in [0.3, 0.4) is 0 Å². The number of unbranched alkanes of at least 4 members (excludes halogenated alkanes) is 3. The van der Waals surface area contributed by atoms with Crippen molar-refractivity contribution >= 4 is 5.69 Å². The fraction of sp³-hybridized carbons (Fsp3) is 0.684. The van der Waals surface area contributed by atoms with Gasteiger partial charge in [-0.3, -0.25) is 0 Å². The van der Waals surface area contributed by atoms with Gasteiger partial charge in [0.05, 0.1) is 5.69 Å². The van der Waals surface area contributed by atoms with Crippen molar-refractivity contribution in [2.24, 2.45) is 5.92 Å². The Bertz CT molecular complexity index is 418. The molecule has 0 N–H and O–H groups in total. The zero-order chi connectivity index (χ0) is 15.1. The third kappa shape index (κ3) is 4.39. The third-order valence-corrected chi connectivity index (χ3v) is 4.61. The molecule has 2 heteroatoms. The average Bonchev–Trinajstić information content (AvgIpc) is 2.63. The fourth-order valence-electron chi connectivity index (χ4n) is 3.33. The number of nitrogens with zero attached hydrogens (tertiary/aromatic N) is 1. The molecule has 0 spiro atoms. The standard InChI is InChI=1S/C19H31NO/c1-4-6-8-13-18-16(11-7-5-2)15-20(3)17-12-9-10-14-19(17)21-18/h9-10,12,14,16,18H,4-8,11,13,15H2,1-3H3. The Morgan fingerprint density at radius 3 is 2.57 bits per heavy atom. The number of anilines is 1. The second-order valence-electron chi connectivity index (χ2n) is 6.40. The van der Waals surface area contributed by atoms with Crippen LogP contribution in [0.4, 0.5) is 5.69 Å². The molecule has 2 atom stereocenters. The van der Waals surface area contributed by atoms with Crippen LogP contribution in [0.5, 0.6) is 5.75 Å². The highest BCUT2D eigenvalue weighted by atomic mass is 16.5. The molecule has 0 aliphatic carbocycles. The average molecular weight is 289 g/mol. The Kier molecular flexibility index (Phi) is 6.41. The highest BCUT2D eigenvalue weighted by Gasteiger charge is 2.28. The zero-order valence-corrected chi connectivity index (χ0v) is 14.0. The first kappa shape index (κ1) is 16.2. The van der Waals surface area contributed by atoms with Crippen molar-refractivity contribution in [3.63, 3.8) is 0 Å². The van der Waals surface area contributed by atoms with Crippen molar-refractivity contribution in [1.29, 1.82) is 0 Å². The molecule has 0 fully saturated rings. The molecule has 0 aromatic heterocycles. The van der Waals surface area contributed by atoms with Gasteiger partial charge in [0.25, 0.3) is 0 Å². The normalized spacial score (nSPS) is 21.6. The minimum Gasteiger partial charge on any atom is -0.488 e. The van der Waals surface area contributed by atoms with E-state index >= 15 is 0 Å². The highest BCUT2D eigenvalue weighted by Crippen LogP contribution is 2.35. The predicted octanol–water partition coefficient (Wildman–Crippen LogP) is 5.27. The van der Waals surface area contributed by atoms with Crippen molar-refractivity contribution in [3.8, 4) is 5.75 Å². The van der Waals surface area contributed by atoms with Gasteiger partial charge in [0.2, 0.25) is 0 Å². The second kappa shape index (κ2) is 8.31. The largest absolute Gasteiger partial charge is 0.488 e. The van der Waals surface area contributed by atoms with Crippen molar-refractivity contribution < 1.29 is 4.74 Å². The molecule has 21 heavy (non-hydrogen) atoms. The summed E-state index contributed by atoms with van der Waals surface area (Å²) in [7, 11) is 2.20. The van der Waals surface area contributed by atoms with Gasteiger partial charge in [-0.25, -0.2) is 0 Å². The summed E-state index contributed by atoms with van der Waals surface area (Å²) < 4.78 is 6.44. The SMILES string of the molecule is CCCCCC1Oc2ccccc2N(C)CC1CCCC. The molecule has 0 saturated heterocycles. The van der Waals surface area contributed by atoms with Crippen LogP contribution in [0.1, 0.15) is 58.8 Å². The molecule has 2 unspecified atom stereocenters. The van der Waals surface area contributed by atoms with E-state index in [1.807, 2.05) is 0 Å². The maximum atomic E-state index is 6.44. The van der Waals surface area contributed by atoms with E-state index in [-0.39, 0.29) is 0 Å². The molecule has 0 saturated carbocycles. The first-order valence-electron chi connectivity index (χ1n) is 8.73. The van der Waals surface area contributed by atoms with E-state index < -0.39 is 0 Å². The summed E-state index contributed by atoms with van der Waals surface area (Å²) in [5.41, 5.74) is 1.25. The quantitative estimate of drug-likeness (QED) is 0.634. The summed E-state index contributed by atoms with van der Waals surface area (Å²) in [6, 6.07) is 8.50. The highest BCUT2D eigenvalue weighted by molar-refractivity contribution is 5.58. The summed E-state index contributed by atoms with van der Waals surface area (Å²) in [5, 5.41) is 0. The molecule has 1 aromatic carbocycles. The first-order valence-corrected chi connectivity index (χ1v) is 8.73. The van der Waals surface area contributed by atoms with Crippen LogP contribution in [0.25, 0.3) is 0 Å². The first-order chi connectivity index (χ1) is 10.3. The van der Waals surface area contributed by atoms with E-state index in [1.54, 1.807) is 0 Å². The van der Waals surface area contributed by atoms with Crippen molar-refractivity contribution in [3.05, 3.63) is 24.3 Å². The molecule has 0 radical (unpaired) electrons. The summed E-state index contributed by atoms with van der Waals surface area (Å²) in [6.07, 6.45) is 9.33. The van der Waals surface area contributed by atoms with E-state index in [4.69, 9.17) is 4.74 Å². The molecule has 1 heterocycles. The van der Waals surface area contributed by atoms with Crippen LogP contribution in [0.15, 0.2) is 24.3 Å². The summed E-state index contributed by atoms with van der Waals surface area (Å²) in [5.74, 6) is 1.72. The van der Waals surface area contributed by atoms with Gasteiger partial charge in [0.15, 0.2) is 0 Å². The molecule has 1 aromatic rings. The lowest BCUT2D eigenvalue weighted by atomic mass is 9.92. The fourth-order valence-corrected chi connectivity index (χ4v) is 3.33. The van der Waals surface area contributed by atoms with Gasteiger partial charge in [0.1, 0.15) is 11.9 Å². The van der Waals surface area contributed by atoms with Gasteiger partial charge < -0.3 is 9.64 Å². The summed E-state index contributed by atoms with van der Waals surface area (Å²) in [6.45, 7) is 5.67. The number of fused-ring (bicyclic) bond motifs is 1. The van der Waals surface area contributed by atoms with Gasteiger partial charge >= 0.3 is 0 Å². The second-order valence-corrected chi connectivity index (χ2v) is 6.40. The van der Waals surface area contributed by atoms with E-state index in [1.165, 1.54) is 50.6 Å². The number of para-hydroxylation sites is 2. The molecule has 1 aliphatic heterocycles. The Morgan fingerprint density at radius 1 is 1.05 bits per heavy atom. The number of hydrogen-bond donors (Lipinski definition) is 0.